The third-order valence-corrected chi connectivity index (χ3v) is 7.68. The smallest absolute Gasteiger partial charge is 0.301 e. The van der Waals surface area contributed by atoms with Crippen molar-refractivity contribution in [2.24, 2.45) is 4.99 Å². The molecule has 8 nitrogen and oxygen atoms in total. The molecule has 0 unspecified atom stereocenters. The molecule has 2 heterocycles. The highest BCUT2D eigenvalue weighted by Crippen LogP contribution is 2.32. The molecule has 2 aliphatic heterocycles. The Morgan fingerprint density at radius 3 is 2.71 bits per heavy atom. The second kappa shape index (κ2) is 8.14. The quantitative estimate of drug-likeness (QED) is 0.761. The summed E-state index contributed by atoms with van der Waals surface area (Å²) < 4.78 is 35.4. The van der Waals surface area contributed by atoms with E-state index in [2.05, 4.69) is 44.2 Å². The van der Waals surface area contributed by atoms with Crippen molar-refractivity contribution in [1.29, 1.82) is 0 Å². The lowest BCUT2D eigenvalue weighted by atomic mass is 10.1. The summed E-state index contributed by atoms with van der Waals surface area (Å²) in [6.07, 6.45) is 2.07. The number of ether oxygens (including phenoxy) is 1. The van der Waals surface area contributed by atoms with E-state index in [0.29, 0.717) is 31.4 Å². The number of rotatable bonds is 4. The lowest BCUT2D eigenvalue weighted by Gasteiger charge is -2.31. The Bertz CT molecular complexity index is 1110. The summed E-state index contributed by atoms with van der Waals surface area (Å²) in [4.78, 5) is 6.73. The molecule has 31 heavy (non-hydrogen) atoms. The fourth-order valence-corrected chi connectivity index (χ4v) is 5.53. The van der Waals surface area contributed by atoms with Crippen molar-refractivity contribution in [1.82, 2.24) is 14.5 Å². The number of benzene rings is 2. The molecule has 1 saturated heterocycles. The molecule has 1 aliphatic carbocycles. The Labute approximate surface area is 183 Å². The molecular formula is C22H27N5O3S. The van der Waals surface area contributed by atoms with Crippen molar-refractivity contribution in [2.45, 2.75) is 25.5 Å². The maximum Gasteiger partial charge on any atom is 0.301 e. The van der Waals surface area contributed by atoms with Crippen LogP contribution in [0.5, 0.6) is 0 Å². The maximum atomic E-state index is 12.7. The third-order valence-electron chi connectivity index (χ3n) is 6.15. The van der Waals surface area contributed by atoms with Gasteiger partial charge in [-0.25, -0.2) is 0 Å². The van der Waals surface area contributed by atoms with E-state index in [-0.39, 0.29) is 6.04 Å². The summed E-state index contributed by atoms with van der Waals surface area (Å²) >= 11 is 0. The maximum absolute atomic E-state index is 12.7. The van der Waals surface area contributed by atoms with Gasteiger partial charge in [0.05, 0.1) is 17.4 Å². The average Bonchev–Trinajstić information content (AvgIpc) is 3.17. The molecule has 1 fully saturated rings. The second-order valence-electron chi connectivity index (χ2n) is 8.29. The van der Waals surface area contributed by atoms with E-state index in [1.54, 1.807) is 12.1 Å². The molecule has 2 aromatic rings. The summed E-state index contributed by atoms with van der Waals surface area (Å²) in [6, 6.07) is 14.5. The zero-order chi connectivity index (χ0) is 21.4. The van der Waals surface area contributed by atoms with E-state index >= 15 is 0 Å². The minimum Gasteiger partial charge on any atom is -0.460 e. The molecule has 3 aliphatic rings. The molecule has 1 atom stereocenters. The van der Waals surface area contributed by atoms with Gasteiger partial charge in [-0.3, -0.25) is 4.72 Å². The highest BCUT2D eigenvalue weighted by molar-refractivity contribution is 7.90. The number of hydrogen-bond acceptors (Lipinski definition) is 6. The minimum absolute atomic E-state index is 0.200. The Hall–Kier alpha value is -2.62. The van der Waals surface area contributed by atoms with Gasteiger partial charge < -0.3 is 15.0 Å². The van der Waals surface area contributed by atoms with E-state index in [1.165, 1.54) is 15.4 Å². The molecule has 0 amide bonds. The summed E-state index contributed by atoms with van der Waals surface area (Å²) in [6.45, 7) is 2.79. The van der Waals surface area contributed by atoms with Crippen LogP contribution in [0, 0.1) is 0 Å². The number of hydrogen-bond donors (Lipinski definition) is 2. The van der Waals surface area contributed by atoms with E-state index in [9.17, 15) is 8.42 Å². The number of likely N-dealkylation sites (N-methyl/N-ethyl adjacent to an activating group) is 1. The highest BCUT2D eigenvalue weighted by Gasteiger charge is 2.27. The van der Waals surface area contributed by atoms with Gasteiger partial charge in [0.25, 0.3) is 6.02 Å². The zero-order valence-electron chi connectivity index (χ0n) is 17.5. The first-order valence-corrected chi connectivity index (χ1v) is 12.1. The van der Waals surface area contributed by atoms with Crippen LogP contribution in [0.15, 0.2) is 47.5 Å². The number of anilines is 1. The van der Waals surface area contributed by atoms with Gasteiger partial charge in [-0.1, -0.05) is 24.3 Å². The minimum atomic E-state index is -3.57. The monoisotopic (exact) mass is 441 g/mol. The SMILES string of the molecule is CN1CCN(S(=O)(=O)Nc2ccc3c(c2)COC(N[C@@H]2CCc4ccccc42)=N3)CC1. The first-order chi connectivity index (χ1) is 15.0. The normalized spacial score (nSPS) is 21.6. The molecule has 2 aromatic carbocycles. The predicted octanol–water partition coefficient (Wildman–Crippen LogP) is 2.39. The molecular weight excluding hydrogens is 414 g/mol. The molecule has 0 aromatic heterocycles. The van der Waals surface area contributed by atoms with Gasteiger partial charge in [0.2, 0.25) is 0 Å². The molecule has 5 rings (SSSR count). The van der Waals surface area contributed by atoms with Crippen LogP contribution >= 0.6 is 0 Å². The van der Waals surface area contributed by atoms with Gasteiger partial charge in [-0.05, 0) is 49.2 Å². The van der Waals surface area contributed by atoms with Crippen LogP contribution in [0.25, 0.3) is 0 Å². The van der Waals surface area contributed by atoms with Crippen molar-refractivity contribution in [2.75, 3.05) is 37.9 Å². The molecule has 9 heteroatoms. The third kappa shape index (κ3) is 4.26. The van der Waals surface area contributed by atoms with Crippen molar-refractivity contribution >= 4 is 27.6 Å². The van der Waals surface area contributed by atoms with Crippen LogP contribution in [0.2, 0.25) is 0 Å². The predicted molar refractivity (Wildman–Crippen MR) is 121 cm³/mol. The molecule has 0 bridgehead atoms. The van der Waals surface area contributed by atoms with Crippen LogP contribution in [-0.2, 0) is 28.0 Å². The second-order valence-corrected chi connectivity index (χ2v) is 9.96. The Morgan fingerprint density at radius 2 is 1.87 bits per heavy atom. The van der Waals surface area contributed by atoms with Gasteiger partial charge >= 0.3 is 10.2 Å². The lowest BCUT2D eigenvalue weighted by molar-refractivity contribution is 0.223. The highest BCUT2D eigenvalue weighted by atomic mass is 32.2. The number of nitrogens with one attached hydrogen (secondary N) is 2. The van der Waals surface area contributed by atoms with Gasteiger partial charge in [0, 0.05) is 31.7 Å². The van der Waals surface area contributed by atoms with E-state index < -0.39 is 10.2 Å². The fraction of sp³-hybridized carbons (Fsp3) is 0.409. The van der Waals surface area contributed by atoms with Gasteiger partial charge in [-0.15, -0.1) is 0 Å². The Balaban J connectivity index is 1.28. The van der Waals surface area contributed by atoms with Crippen molar-refractivity contribution in [3.05, 3.63) is 59.2 Å². The number of aryl methyl sites for hydroxylation is 1. The number of fused-ring (bicyclic) bond motifs is 2. The van der Waals surface area contributed by atoms with Crippen molar-refractivity contribution < 1.29 is 13.2 Å². The lowest BCUT2D eigenvalue weighted by Crippen LogP contribution is -2.48. The zero-order valence-corrected chi connectivity index (χ0v) is 18.4. The molecule has 0 radical (unpaired) electrons. The summed E-state index contributed by atoms with van der Waals surface area (Å²) in [5, 5.41) is 3.42. The largest absolute Gasteiger partial charge is 0.460 e. The van der Waals surface area contributed by atoms with Gasteiger partial charge in [0.15, 0.2) is 0 Å². The van der Waals surface area contributed by atoms with E-state index in [0.717, 1.165) is 37.2 Å². The summed E-state index contributed by atoms with van der Waals surface area (Å²) in [5.41, 5.74) is 4.85. The van der Waals surface area contributed by atoms with Gasteiger partial charge in [-0.2, -0.15) is 17.7 Å². The standard InChI is InChI=1S/C22H27N5O3S/c1-26-10-12-27(13-11-26)31(28,29)25-18-7-9-20-17(14-18)15-30-22(23-20)24-21-8-6-16-4-2-3-5-19(16)21/h2-5,7,9,14,21,25H,6,8,10-13,15H2,1H3,(H,23,24)/t21-/m1/s1. The topological polar surface area (TPSA) is 86.3 Å². The van der Waals surface area contributed by atoms with Gasteiger partial charge in [0.1, 0.15) is 6.61 Å². The Kier molecular flexibility index (Phi) is 5.33. The number of nitrogens with zero attached hydrogens (tertiary/aromatic N) is 3. The summed E-state index contributed by atoms with van der Waals surface area (Å²) in [7, 11) is -1.58. The molecule has 0 spiro atoms. The fourth-order valence-electron chi connectivity index (χ4n) is 4.33. The van der Waals surface area contributed by atoms with Crippen molar-refractivity contribution in [3.63, 3.8) is 0 Å². The van der Waals surface area contributed by atoms with Crippen LogP contribution in [0.4, 0.5) is 11.4 Å². The first-order valence-electron chi connectivity index (χ1n) is 10.6. The van der Waals surface area contributed by atoms with Crippen LogP contribution < -0.4 is 10.0 Å². The van der Waals surface area contributed by atoms with Crippen LogP contribution in [0.1, 0.15) is 29.2 Å². The van der Waals surface area contributed by atoms with Crippen LogP contribution in [-0.4, -0.2) is 56.9 Å². The van der Waals surface area contributed by atoms with E-state index in [1.807, 2.05) is 13.1 Å². The molecule has 164 valence electrons. The molecule has 2 N–H and O–H groups in total. The number of amidine groups is 1. The Morgan fingerprint density at radius 1 is 1.06 bits per heavy atom. The average molecular weight is 442 g/mol. The number of aliphatic imine (C=N–C) groups is 1. The first kappa shape index (κ1) is 20.3. The van der Waals surface area contributed by atoms with Crippen LogP contribution in [0.3, 0.4) is 0 Å². The van der Waals surface area contributed by atoms with E-state index in [4.69, 9.17) is 4.74 Å². The number of piperazine rings is 1. The molecule has 0 saturated carbocycles. The summed E-state index contributed by atoms with van der Waals surface area (Å²) in [5.74, 6) is 0. The van der Waals surface area contributed by atoms with Crippen molar-refractivity contribution in [3.8, 4) is 0 Å².